The van der Waals surface area contributed by atoms with Gasteiger partial charge in [-0.05, 0) is 49.4 Å². The third-order valence-corrected chi connectivity index (χ3v) is 7.45. The number of benzene rings is 3. The monoisotopic (exact) mass is 438 g/mol. The van der Waals surface area contributed by atoms with Crippen molar-refractivity contribution >= 4 is 11.6 Å². The maximum Gasteiger partial charge on any atom is 0.226 e. The van der Waals surface area contributed by atoms with Crippen LogP contribution in [0, 0.1) is 19.8 Å². The van der Waals surface area contributed by atoms with Gasteiger partial charge in [0.05, 0.1) is 0 Å². The number of carbonyl (C=O) groups excluding carboxylic acids is 1. The van der Waals surface area contributed by atoms with Gasteiger partial charge in [-0.25, -0.2) is 0 Å². The minimum absolute atomic E-state index is 0.00991. The molecule has 0 spiro atoms. The zero-order chi connectivity index (χ0) is 23.2. The van der Waals surface area contributed by atoms with Gasteiger partial charge in [0.1, 0.15) is 6.17 Å². The van der Waals surface area contributed by atoms with Crippen LogP contribution in [0.15, 0.2) is 72.8 Å². The molecule has 2 aliphatic rings. The van der Waals surface area contributed by atoms with Crippen molar-refractivity contribution in [1.82, 2.24) is 4.90 Å². The van der Waals surface area contributed by atoms with Gasteiger partial charge in [-0.15, -0.1) is 0 Å². The molecule has 3 nitrogen and oxygen atoms in total. The fraction of sp³-hybridized carbons (Fsp3) is 0.367. The summed E-state index contributed by atoms with van der Waals surface area (Å²) < 4.78 is 0. The van der Waals surface area contributed by atoms with Crippen LogP contribution in [0.25, 0.3) is 0 Å². The van der Waals surface area contributed by atoms with E-state index >= 15 is 0 Å². The molecule has 170 valence electrons. The second kappa shape index (κ2) is 8.37. The lowest BCUT2D eigenvalue weighted by Gasteiger charge is -2.39. The zero-order valence-corrected chi connectivity index (χ0v) is 20.2. The highest BCUT2D eigenvalue weighted by Gasteiger charge is 2.58. The quantitative estimate of drug-likeness (QED) is 0.486. The molecule has 3 aromatic rings. The van der Waals surface area contributed by atoms with Crippen LogP contribution in [0.5, 0.6) is 0 Å². The third-order valence-electron chi connectivity index (χ3n) is 7.45. The second-order valence-corrected chi connectivity index (χ2v) is 10.3. The van der Waals surface area contributed by atoms with Crippen molar-refractivity contribution < 1.29 is 4.79 Å². The average Bonchev–Trinajstić information content (AvgIpc) is 3.27. The maximum absolute atomic E-state index is 13.4. The first kappa shape index (κ1) is 21.8. The topological polar surface area (TPSA) is 23.6 Å². The average molecular weight is 439 g/mol. The molecule has 1 fully saturated rings. The smallest absolute Gasteiger partial charge is 0.226 e. The predicted molar refractivity (Wildman–Crippen MR) is 135 cm³/mol. The number of nitrogens with zero attached hydrogens (tertiary/aromatic N) is 2. The number of likely N-dealkylation sites (tertiary alicyclic amines) is 1. The lowest BCUT2D eigenvalue weighted by Crippen LogP contribution is -2.53. The summed E-state index contributed by atoms with van der Waals surface area (Å²) in [6.07, 6.45) is 1.97. The van der Waals surface area contributed by atoms with Crippen molar-refractivity contribution in [3.8, 4) is 0 Å². The Balaban J connectivity index is 1.64. The van der Waals surface area contributed by atoms with E-state index in [2.05, 4.69) is 96.4 Å². The predicted octanol–water partition coefficient (Wildman–Crippen LogP) is 6.02. The fourth-order valence-electron chi connectivity index (χ4n) is 6.09. The van der Waals surface area contributed by atoms with Gasteiger partial charge in [-0.2, -0.15) is 0 Å². The number of fused-ring (bicyclic) bond motifs is 3. The van der Waals surface area contributed by atoms with Crippen molar-refractivity contribution in [3.63, 3.8) is 0 Å². The summed E-state index contributed by atoms with van der Waals surface area (Å²) in [5, 5.41) is 0. The Kier molecular flexibility index (Phi) is 5.52. The first-order valence-corrected chi connectivity index (χ1v) is 12.2. The van der Waals surface area contributed by atoms with Crippen LogP contribution in [0.2, 0.25) is 0 Å². The number of anilines is 1. The Morgan fingerprint density at radius 3 is 2.30 bits per heavy atom. The molecule has 0 saturated carbocycles. The van der Waals surface area contributed by atoms with Gasteiger partial charge in [0.2, 0.25) is 5.91 Å². The SMILES string of the molecule is Cc1cccc(CN2c3ccccc3C3(Cc4cccc(C)c4)CCN(C(=O)C(C)C)C23)c1. The highest BCUT2D eigenvalue weighted by atomic mass is 16.2. The summed E-state index contributed by atoms with van der Waals surface area (Å²) in [7, 11) is 0. The third kappa shape index (κ3) is 3.74. The Hall–Kier alpha value is -3.07. The lowest BCUT2D eigenvalue weighted by molar-refractivity contribution is -0.135. The van der Waals surface area contributed by atoms with Crippen LogP contribution >= 0.6 is 0 Å². The first-order valence-electron chi connectivity index (χ1n) is 12.2. The number of carbonyl (C=O) groups is 1. The molecule has 5 rings (SSSR count). The zero-order valence-electron chi connectivity index (χ0n) is 20.2. The molecule has 0 bridgehead atoms. The van der Waals surface area contributed by atoms with Crippen molar-refractivity contribution in [2.75, 3.05) is 11.4 Å². The Morgan fingerprint density at radius 1 is 0.939 bits per heavy atom. The van der Waals surface area contributed by atoms with Crippen LogP contribution in [-0.4, -0.2) is 23.5 Å². The van der Waals surface area contributed by atoms with Crippen molar-refractivity contribution in [2.24, 2.45) is 5.92 Å². The molecule has 2 aliphatic heterocycles. The molecule has 1 saturated heterocycles. The van der Waals surface area contributed by atoms with Gasteiger partial charge < -0.3 is 9.80 Å². The van der Waals surface area contributed by atoms with E-state index in [-0.39, 0.29) is 23.4 Å². The molecular weight excluding hydrogens is 404 g/mol. The molecular formula is C30H34N2O. The summed E-state index contributed by atoms with van der Waals surface area (Å²) in [5.74, 6) is 0.248. The second-order valence-electron chi connectivity index (χ2n) is 10.3. The van der Waals surface area contributed by atoms with Crippen LogP contribution in [-0.2, 0) is 23.2 Å². The van der Waals surface area contributed by atoms with E-state index in [4.69, 9.17) is 0 Å². The Morgan fingerprint density at radius 2 is 1.61 bits per heavy atom. The van der Waals surface area contributed by atoms with Crippen molar-refractivity contribution in [3.05, 3.63) is 101 Å². The summed E-state index contributed by atoms with van der Waals surface area (Å²) in [5.41, 5.74) is 7.77. The minimum atomic E-state index is -0.0985. The molecule has 2 atom stereocenters. The van der Waals surface area contributed by atoms with Gasteiger partial charge in [0.25, 0.3) is 0 Å². The first-order chi connectivity index (χ1) is 15.9. The van der Waals surface area contributed by atoms with Crippen LogP contribution in [0.1, 0.15) is 48.1 Å². The molecule has 2 heterocycles. The van der Waals surface area contributed by atoms with E-state index in [9.17, 15) is 4.79 Å². The normalized spacial score (nSPS) is 21.4. The highest BCUT2D eigenvalue weighted by molar-refractivity contribution is 5.81. The molecule has 0 radical (unpaired) electrons. The van der Waals surface area contributed by atoms with Gasteiger partial charge in [0, 0.05) is 30.1 Å². The van der Waals surface area contributed by atoms with Crippen LogP contribution in [0.3, 0.4) is 0 Å². The molecule has 2 unspecified atom stereocenters. The van der Waals surface area contributed by atoms with E-state index < -0.39 is 0 Å². The van der Waals surface area contributed by atoms with Gasteiger partial charge in [-0.1, -0.05) is 91.7 Å². The number of rotatable bonds is 5. The molecule has 0 aromatic heterocycles. The highest BCUT2D eigenvalue weighted by Crippen LogP contribution is 2.54. The van der Waals surface area contributed by atoms with Gasteiger partial charge in [0.15, 0.2) is 0 Å². The summed E-state index contributed by atoms with van der Waals surface area (Å²) in [4.78, 5) is 18.1. The fourth-order valence-corrected chi connectivity index (χ4v) is 6.09. The van der Waals surface area contributed by atoms with E-state index in [1.54, 1.807) is 0 Å². The molecule has 3 aromatic carbocycles. The standard InChI is InChI=1S/C30H34N2O/c1-21(2)28(33)31-16-15-30(19-24-11-7-9-22(3)17-24)26-13-5-6-14-27(26)32(29(30)31)20-25-12-8-10-23(4)18-25/h5-14,17-18,21,29H,15-16,19-20H2,1-4H3. The Bertz CT molecular complexity index is 1180. The van der Waals surface area contributed by atoms with Gasteiger partial charge in [-0.3, -0.25) is 4.79 Å². The van der Waals surface area contributed by atoms with Gasteiger partial charge >= 0.3 is 0 Å². The molecule has 0 aliphatic carbocycles. The summed E-state index contributed by atoms with van der Waals surface area (Å²) in [6, 6.07) is 26.5. The summed E-state index contributed by atoms with van der Waals surface area (Å²) in [6.45, 7) is 9.97. The lowest BCUT2D eigenvalue weighted by atomic mass is 9.74. The van der Waals surface area contributed by atoms with E-state index in [1.165, 1.54) is 33.5 Å². The molecule has 33 heavy (non-hydrogen) atoms. The van der Waals surface area contributed by atoms with E-state index in [0.29, 0.717) is 0 Å². The number of hydrogen-bond donors (Lipinski definition) is 0. The molecule has 0 N–H and O–H groups in total. The number of amides is 1. The van der Waals surface area contributed by atoms with Crippen LogP contribution in [0.4, 0.5) is 5.69 Å². The van der Waals surface area contributed by atoms with E-state index in [0.717, 1.165) is 25.9 Å². The maximum atomic E-state index is 13.4. The number of aryl methyl sites for hydroxylation is 2. The van der Waals surface area contributed by atoms with Crippen LogP contribution < -0.4 is 4.90 Å². The van der Waals surface area contributed by atoms with Crippen molar-refractivity contribution in [1.29, 1.82) is 0 Å². The minimum Gasteiger partial charge on any atom is -0.346 e. The van der Waals surface area contributed by atoms with Crippen molar-refractivity contribution in [2.45, 2.75) is 58.7 Å². The Labute approximate surface area is 198 Å². The largest absolute Gasteiger partial charge is 0.346 e. The van der Waals surface area contributed by atoms with E-state index in [1.807, 2.05) is 13.8 Å². The molecule has 1 amide bonds. The number of para-hydroxylation sites is 1. The summed E-state index contributed by atoms with van der Waals surface area (Å²) >= 11 is 0. The number of hydrogen-bond acceptors (Lipinski definition) is 2. The molecule has 3 heteroatoms.